The molecule has 4 heteroatoms. The van der Waals surface area contributed by atoms with E-state index in [0.717, 1.165) is 12.0 Å². The average Bonchev–Trinajstić information content (AvgIpc) is 2.48. The molecule has 0 N–H and O–H groups in total. The molecule has 0 radical (unpaired) electrons. The molecule has 20 heavy (non-hydrogen) atoms. The van der Waals surface area contributed by atoms with Gasteiger partial charge in [0.15, 0.2) is 0 Å². The number of hydrogen-bond acceptors (Lipinski definition) is 1. The number of nitrogens with zero attached hydrogens (tertiary/aromatic N) is 1. The molecular weight excluding hydrogens is 321 g/mol. The molecule has 1 amide bonds. The third kappa shape index (κ3) is 2.48. The molecule has 1 aliphatic heterocycles. The van der Waals surface area contributed by atoms with E-state index in [-0.39, 0.29) is 11.5 Å². The summed E-state index contributed by atoms with van der Waals surface area (Å²) in [5, 5.41) is 0. The standard InChI is InChI=1S/C16H13BrFNO/c17-13-5-6-15(18)14(9-13)16(20)19-8-7-11-3-1-2-4-12(11)10-19/h1-6,9H,7-8,10H2. The van der Waals surface area contributed by atoms with E-state index in [4.69, 9.17) is 0 Å². The Morgan fingerprint density at radius 3 is 2.70 bits per heavy atom. The molecule has 0 unspecified atom stereocenters. The number of rotatable bonds is 1. The van der Waals surface area contributed by atoms with Crippen molar-refractivity contribution in [1.29, 1.82) is 0 Å². The minimum atomic E-state index is -0.475. The van der Waals surface area contributed by atoms with Crippen molar-refractivity contribution in [3.8, 4) is 0 Å². The van der Waals surface area contributed by atoms with Gasteiger partial charge in [0, 0.05) is 17.6 Å². The monoisotopic (exact) mass is 333 g/mol. The highest BCUT2D eigenvalue weighted by Gasteiger charge is 2.23. The Bertz CT molecular complexity index is 671. The topological polar surface area (TPSA) is 20.3 Å². The van der Waals surface area contributed by atoms with Crippen LogP contribution in [0.25, 0.3) is 0 Å². The van der Waals surface area contributed by atoms with E-state index in [0.29, 0.717) is 17.6 Å². The van der Waals surface area contributed by atoms with Crippen LogP contribution < -0.4 is 0 Å². The lowest BCUT2D eigenvalue weighted by atomic mass is 9.99. The number of hydrogen-bond donors (Lipinski definition) is 0. The third-order valence-corrected chi connectivity index (χ3v) is 4.07. The predicted octanol–water partition coefficient (Wildman–Crippen LogP) is 3.79. The van der Waals surface area contributed by atoms with Crippen LogP contribution in [0.15, 0.2) is 46.9 Å². The van der Waals surface area contributed by atoms with E-state index >= 15 is 0 Å². The van der Waals surface area contributed by atoms with Crippen LogP contribution in [0.5, 0.6) is 0 Å². The summed E-state index contributed by atoms with van der Waals surface area (Å²) in [5.74, 6) is -0.727. The first kappa shape index (κ1) is 13.3. The van der Waals surface area contributed by atoms with Crippen molar-refractivity contribution in [3.63, 3.8) is 0 Å². The quantitative estimate of drug-likeness (QED) is 0.777. The first-order valence-corrected chi connectivity index (χ1v) is 7.25. The van der Waals surface area contributed by atoms with Gasteiger partial charge in [-0.25, -0.2) is 4.39 Å². The molecular formula is C16H13BrFNO. The Hall–Kier alpha value is -1.68. The van der Waals surface area contributed by atoms with E-state index in [9.17, 15) is 9.18 Å². The fraction of sp³-hybridized carbons (Fsp3) is 0.188. The summed E-state index contributed by atoms with van der Waals surface area (Å²) < 4.78 is 14.5. The number of benzene rings is 2. The minimum absolute atomic E-state index is 0.124. The number of carbonyl (C=O) groups excluding carboxylic acids is 1. The maximum absolute atomic E-state index is 13.8. The Morgan fingerprint density at radius 2 is 1.90 bits per heavy atom. The van der Waals surface area contributed by atoms with Crippen LogP contribution in [-0.2, 0) is 13.0 Å². The third-order valence-electron chi connectivity index (χ3n) is 3.58. The molecule has 0 fully saturated rings. The summed E-state index contributed by atoms with van der Waals surface area (Å²) in [5.41, 5.74) is 2.53. The highest BCUT2D eigenvalue weighted by atomic mass is 79.9. The second-order valence-electron chi connectivity index (χ2n) is 4.87. The molecule has 0 saturated carbocycles. The number of halogens is 2. The van der Waals surface area contributed by atoms with Crippen LogP contribution in [0.4, 0.5) is 4.39 Å². The fourth-order valence-corrected chi connectivity index (χ4v) is 2.86. The zero-order valence-electron chi connectivity index (χ0n) is 10.8. The molecule has 0 aliphatic carbocycles. The summed E-state index contributed by atoms with van der Waals surface area (Å²) in [6, 6.07) is 12.5. The van der Waals surface area contributed by atoms with Gasteiger partial charge in [0.25, 0.3) is 5.91 Å². The van der Waals surface area contributed by atoms with Crippen LogP contribution in [0, 0.1) is 5.82 Å². The Balaban J connectivity index is 1.88. The van der Waals surface area contributed by atoms with Gasteiger partial charge in [0.2, 0.25) is 0 Å². The van der Waals surface area contributed by atoms with Gasteiger partial charge in [0.1, 0.15) is 5.82 Å². The lowest BCUT2D eigenvalue weighted by molar-refractivity contribution is 0.0730. The fourth-order valence-electron chi connectivity index (χ4n) is 2.50. The lowest BCUT2D eigenvalue weighted by Gasteiger charge is -2.29. The maximum atomic E-state index is 13.8. The normalized spacial score (nSPS) is 14.0. The minimum Gasteiger partial charge on any atom is -0.334 e. The summed E-state index contributed by atoms with van der Waals surface area (Å²) in [7, 11) is 0. The Morgan fingerprint density at radius 1 is 1.15 bits per heavy atom. The van der Waals surface area contributed by atoms with Crippen molar-refractivity contribution in [3.05, 3.63) is 69.4 Å². The van der Waals surface area contributed by atoms with E-state index in [1.54, 1.807) is 11.0 Å². The molecule has 0 aromatic heterocycles. The summed E-state index contributed by atoms with van der Waals surface area (Å²) in [6.45, 7) is 1.17. The first-order valence-electron chi connectivity index (χ1n) is 6.46. The van der Waals surface area contributed by atoms with Crippen molar-refractivity contribution in [1.82, 2.24) is 4.90 Å². The predicted molar refractivity (Wildman–Crippen MR) is 79.0 cm³/mol. The van der Waals surface area contributed by atoms with Crippen LogP contribution in [0.1, 0.15) is 21.5 Å². The Labute approximate surface area is 125 Å². The number of fused-ring (bicyclic) bond motifs is 1. The van der Waals surface area contributed by atoms with Crippen LogP contribution in [-0.4, -0.2) is 17.4 Å². The largest absolute Gasteiger partial charge is 0.334 e. The second-order valence-corrected chi connectivity index (χ2v) is 5.79. The molecule has 1 heterocycles. The maximum Gasteiger partial charge on any atom is 0.257 e. The molecule has 0 bridgehead atoms. The molecule has 0 atom stereocenters. The SMILES string of the molecule is O=C(c1cc(Br)ccc1F)N1CCc2ccccc2C1. The average molecular weight is 334 g/mol. The van der Waals surface area contributed by atoms with Crippen molar-refractivity contribution in [2.24, 2.45) is 0 Å². The molecule has 2 aromatic rings. The van der Waals surface area contributed by atoms with Crippen molar-refractivity contribution in [2.45, 2.75) is 13.0 Å². The molecule has 2 nitrogen and oxygen atoms in total. The van der Waals surface area contributed by atoms with Gasteiger partial charge in [-0.05, 0) is 35.7 Å². The van der Waals surface area contributed by atoms with Crippen LogP contribution in [0.3, 0.4) is 0 Å². The van der Waals surface area contributed by atoms with Gasteiger partial charge in [-0.15, -0.1) is 0 Å². The molecule has 0 spiro atoms. The number of amides is 1. The van der Waals surface area contributed by atoms with Crippen molar-refractivity contribution >= 4 is 21.8 Å². The molecule has 0 saturated heterocycles. The smallest absolute Gasteiger partial charge is 0.257 e. The summed E-state index contributed by atoms with van der Waals surface area (Å²) >= 11 is 3.28. The lowest BCUT2D eigenvalue weighted by Crippen LogP contribution is -2.36. The van der Waals surface area contributed by atoms with E-state index in [2.05, 4.69) is 22.0 Å². The van der Waals surface area contributed by atoms with Crippen molar-refractivity contribution in [2.75, 3.05) is 6.54 Å². The van der Waals surface area contributed by atoms with Gasteiger partial charge in [-0.1, -0.05) is 40.2 Å². The molecule has 2 aromatic carbocycles. The highest BCUT2D eigenvalue weighted by Crippen LogP contribution is 2.22. The van der Waals surface area contributed by atoms with Gasteiger partial charge in [-0.2, -0.15) is 0 Å². The van der Waals surface area contributed by atoms with E-state index in [1.165, 1.54) is 17.7 Å². The second kappa shape index (κ2) is 5.37. The van der Waals surface area contributed by atoms with Crippen LogP contribution in [0.2, 0.25) is 0 Å². The first-order chi connectivity index (χ1) is 9.65. The Kier molecular flexibility index (Phi) is 3.57. The zero-order chi connectivity index (χ0) is 14.1. The molecule has 1 aliphatic rings. The van der Waals surface area contributed by atoms with E-state index in [1.807, 2.05) is 18.2 Å². The summed E-state index contributed by atoms with van der Waals surface area (Å²) in [6.07, 6.45) is 0.817. The molecule has 102 valence electrons. The van der Waals surface area contributed by atoms with Crippen LogP contribution >= 0.6 is 15.9 Å². The number of carbonyl (C=O) groups is 1. The molecule has 3 rings (SSSR count). The summed E-state index contributed by atoms with van der Waals surface area (Å²) in [4.78, 5) is 14.1. The van der Waals surface area contributed by atoms with Gasteiger partial charge in [0.05, 0.1) is 5.56 Å². The van der Waals surface area contributed by atoms with Gasteiger partial charge in [-0.3, -0.25) is 4.79 Å². The van der Waals surface area contributed by atoms with Gasteiger partial charge < -0.3 is 4.90 Å². The van der Waals surface area contributed by atoms with Gasteiger partial charge >= 0.3 is 0 Å². The van der Waals surface area contributed by atoms with E-state index < -0.39 is 5.82 Å². The zero-order valence-corrected chi connectivity index (χ0v) is 12.4. The van der Waals surface area contributed by atoms with Crippen molar-refractivity contribution < 1.29 is 9.18 Å². The highest BCUT2D eigenvalue weighted by molar-refractivity contribution is 9.10.